The standard InChI is InChI=1S/C26H16Cl2N2O4/c1-13-19-10-16(28)6-9-21(19)33-24(13)26(31)32-17-7-8-18-22(11-17)34-25(30)20(12-29)23(18)14-2-4-15(27)5-3-14/h2-11,23H,30H2,1H3. The zero-order valence-electron chi connectivity index (χ0n) is 17.8. The normalized spacial score (nSPS) is 14.9. The summed E-state index contributed by atoms with van der Waals surface area (Å²) in [6.45, 7) is 1.76. The van der Waals surface area contributed by atoms with E-state index in [1.54, 1.807) is 55.5 Å². The summed E-state index contributed by atoms with van der Waals surface area (Å²) in [5.74, 6) is -0.404. The predicted octanol–water partition coefficient (Wildman–Crippen LogP) is 6.49. The summed E-state index contributed by atoms with van der Waals surface area (Å²) in [4.78, 5) is 12.9. The third-order valence-electron chi connectivity index (χ3n) is 5.69. The molecule has 8 heteroatoms. The van der Waals surface area contributed by atoms with Crippen LogP contribution < -0.4 is 15.2 Å². The Balaban J connectivity index is 1.49. The summed E-state index contributed by atoms with van der Waals surface area (Å²) in [7, 11) is 0. The first-order valence-corrected chi connectivity index (χ1v) is 11.0. The molecule has 0 fully saturated rings. The van der Waals surface area contributed by atoms with Gasteiger partial charge in [0, 0.05) is 32.6 Å². The van der Waals surface area contributed by atoms with E-state index in [1.165, 1.54) is 0 Å². The van der Waals surface area contributed by atoms with Gasteiger partial charge in [-0.1, -0.05) is 41.4 Å². The molecule has 1 atom stereocenters. The number of nitriles is 1. The average molecular weight is 491 g/mol. The van der Waals surface area contributed by atoms with Gasteiger partial charge in [-0.2, -0.15) is 5.26 Å². The highest BCUT2D eigenvalue weighted by Gasteiger charge is 2.31. The highest BCUT2D eigenvalue weighted by molar-refractivity contribution is 6.31. The fourth-order valence-corrected chi connectivity index (χ4v) is 4.34. The number of carbonyl (C=O) groups is 1. The number of rotatable bonds is 3. The second kappa shape index (κ2) is 8.45. The van der Waals surface area contributed by atoms with E-state index in [0.717, 1.165) is 10.9 Å². The van der Waals surface area contributed by atoms with Crippen LogP contribution in [0.3, 0.4) is 0 Å². The van der Waals surface area contributed by atoms with Gasteiger partial charge < -0.3 is 19.6 Å². The topological polar surface area (TPSA) is 98.5 Å². The van der Waals surface area contributed by atoms with Crippen molar-refractivity contribution in [1.82, 2.24) is 0 Å². The summed E-state index contributed by atoms with van der Waals surface area (Å²) < 4.78 is 17.0. The van der Waals surface area contributed by atoms with Crippen molar-refractivity contribution in [3.05, 3.63) is 105 Å². The van der Waals surface area contributed by atoms with Gasteiger partial charge in [0.2, 0.25) is 11.6 Å². The third-order valence-corrected chi connectivity index (χ3v) is 6.18. The summed E-state index contributed by atoms with van der Waals surface area (Å²) in [6.07, 6.45) is 0. The molecule has 0 saturated heterocycles. The van der Waals surface area contributed by atoms with E-state index in [9.17, 15) is 10.1 Å². The minimum atomic E-state index is -0.656. The maximum Gasteiger partial charge on any atom is 0.379 e. The van der Waals surface area contributed by atoms with Crippen molar-refractivity contribution < 1.29 is 18.7 Å². The van der Waals surface area contributed by atoms with Crippen molar-refractivity contribution in [1.29, 1.82) is 5.26 Å². The van der Waals surface area contributed by atoms with Crippen LogP contribution in [0.1, 0.15) is 33.2 Å². The molecule has 0 spiro atoms. The molecule has 168 valence electrons. The molecular weight excluding hydrogens is 475 g/mol. The number of halogens is 2. The minimum absolute atomic E-state index is 0.0107. The van der Waals surface area contributed by atoms with E-state index in [4.69, 9.17) is 42.8 Å². The van der Waals surface area contributed by atoms with E-state index in [2.05, 4.69) is 6.07 Å². The van der Waals surface area contributed by atoms with E-state index in [0.29, 0.717) is 32.5 Å². The molecular formula is C26H16Cl2N2O4. The van der Waals surface area contributed by atoms with Crippen molar-refractivity contribution in [2.45, 2.75) is 12.8 Å². The highest BCUT2D eigenvalue weighted by atomic mass is 35.5. The molecule has 2 N–H and O–H groups in total. The monoisotopic (exact) mass is 490 g/mol. The molecule has 34 heavy (non-hydrogen) atoms. The number of hydrogen-bond acceptors (Lipinski definition) is 6. The van der Waals surface area contributed by atoms with Gasteiger partial charge >= 0.3 is 5.97 Å². The SMILES string of the molecule is Cc1c(C(=O)Oc2ccc3c(c2)OC(N)=C(C#N)C3c2ccc(Cl)cc2)oc2ccc(Cl)cc12. The summed E-state index contributed by atoms with van der Waals surface area (Å²) in [6, 6.07) is 19.4. The summed E-state index contributed by atoms with van der Waals surface area (Å²) >= 11 is 12.1. The number of aryl methyl sites for hydroxylation is 1. The zero-order valence-corrected chi connectivity index (χ0v) is 19.3. The fourth-order valence-electron chi connectivity index (χ4n) is 4.04. The lowest BCUT2D eigenvalue weighted by Crippen LogP contribution is -2.21. The number of ether oxygens (including phenoxy) is 2. The molecule has 4 aromatic rings. The molecule has 0 radical (unpaired) electrons. The van der Waals surface area contributed by atoms with Crippen molar-refractivity contribution in [3.63, 3.8) is 0 Å². The Morgan fingerprint density at radius 2 is 1.79 bits per heavy atom. The number of fused-ring (bicyclic) bond motifs is 2. The van der Waals surface area contributed by atoms with Gasteiger partial charge in [-0.05, 0) is 48.9 Å². The van der Waals surface area contributed by atoms with Crippen molar-refractivity contribution in [3.8, 4) is 17.6 Å². The number of esters is 1. The van der Waals surface area contributed by atoms with Crippen LogP contribution >= 0.6 is 23.2 Å². The first-order valence-electron chi connectivity index (χ1n) is 10.2. The predicted molar refractivity (Wildman–Crippen MR) is 128 cm³/mol. The molecule has 1 aliphatic rings. The first-order chi connectivity index (χ1) is 16.4. The maximum absolute atomic E-state index is 12.9. The van der Waals surface area contributed by atoms with Crippen molar-refractivity contribution in [2.75, 3.05) is 0 Å². The highest BCUT2D eigenvalue weighted by Crippen LogP contribution is 2.43. The smallest absolute Gasteiger partial charge is 0.379 e. The Kier molecular flexibility index (Phi) is 5.45. The number of carbonyl (C=O) groups excluding carboxylic acids is 1. The lowest BCUT2D eigenvalue weighted by Gasteiger charge is -2.26. The molecule has 6 nitrogen and oxygen atoms in total. The van der Waals surface area contributed by atoms with Crippen LogP contribution in [0.2, 0.25) is 10.0 Å². The lowest BCUT2D eigenvalue weighted by molar-refractivity contribution is 0.0702. The first kappa shape index (κ1) is 21.9. The third kappa shape index (κ3) is 3.75. The van der Waals surface area contributed by atoms with Crippen LogP contribution in [0.15, 0.2) is 76.5 Å². The Hall–Kier alpha value is -3.92. The van der Waals surface area contributed by atoms with Gasteiger partial charge in [-0.25, -0.2) is 4.79 Å². The van der Waals surface area contributed by atoms with Crippen molar-refractivity contribution in [2.24, 2.45) is 5.73 Å². The molecule has 0 amide bonds. The largest absolute Gasteiger partial charge is 0.449 e. The van der Waals surface area contributed by atoms with E-state index in [-0.39, 0.29) is 23.0 Å². The number of benzene rings is 3. The fraction of sp³-hybridized carbons (Fsp3) is 0.0769. The van der Waals surface area contributed by atoms with Gasteiger partial charge in [-0.15, -0.1) is 0 Å². The number of hydrogen-bond donors (Lipinski definition) is 1. The van der Waals surface area contributed by atoms with Crippen LogP contribution in [-0.4, -0.2) is 5.97 Å². The Morgan fingerprint density at radius 3 is 2.53 bits per heavy atom. The van der Waals surface area contributed by atoms with Crippen LogP contribution in [0.25, 0.3) is 11.0 Å². The molecule has 1 aliphatic heterocycles. The van der Waals surface area contributed by atoms with Gasteiger partial charge in [0.25, 0.3) is 0 Å². The summed E-state index contributed by atoms with van der Waals surface area (Å²) in [5.41, 5.74) is 9.05. The van der Waals surface area contributed by atoms with E-state index >= 15 is 0 Å². The molecule has 0 aliphatic carbocycles. The molecule has 2 heterocycles. The van der Waals surface area contributed by atoms with Gasteiger partial charge in [0.05, 0.1) is 5.92 Å². The average Bonchev–Trinajstić information content (AvgIpc) is 3.14. The summed E-state index contributed by atoms with van der Waals surface area (Å²) in [5, 5.41) is 11.6. The molecule has 1 aromatic heterocycles. The zero-order chi connectivity index (χ0) is 24.0. The van der Waals surface area contributed by atoms with Crippen LogP contribution in [0.4, 0.5) is 0 Å². The second-order valence-corrected chi connectivity index (χ2v) is 8.64. The van der Waals surface area contributed by atoms with E-state index in [1.807, 2.05) is 12.1 Å². The Labute approximate surface area is 204 Å². The number of furan rings is 1. The molecule has 0 saturated carbocycles. The van der Waals surface area contributed by atoms with Crippen LogP contribution in [0, 0.1) is 18.3 Å². The van der Waals surface area contributed by atoms with Gasteiger partial charge in [0.1, 0.15) is 28.7 Å². The molecule has 0 bridgehead atoms. The Bertz CT molecular complexity index is 1530. The van der Waals surface area contributed by atoms with Crippen LogP contribution in [0.5, 0.6) is 11.5 Å². The second-order valence-electron chi connectivity index (χ2n) is 7.76. The molecule has 1 unspecified atom stereocenters. The van der Waals surface area contributed by atoms with Gasteiger partial charge in [-0.3, -0.25) is 0 Å². The number of nitrogens with two attached hydrogens (primary N) is 1. The van der Waals surface area contributed by atoms with Gasteiger partial charge in [0.15, 0.2) is 0 Å². The maximum atomic E-state index is 12.9. The number of allylic oxidation sites excluding steroid dienone is 1. The van der Waals surface area contributed by atoms with Crippen molar-refractivity contribution >= 4 is 40.1 Å². The van der Waals surface area contributed by atoms with Crippen LogP contribution in [-0.2, 0) is 0 Å². The van der Waals surface area contributed by atoms with E-state index < -0.39 is 11.9 Å². The quantitative estimate of drug-likeness (QED) is 0.260. The lowest BCUT2D eigenvalue weighted by atomic mass is 9.83. The minimum Gasteiger partial charge on any atom is -0.449 e. The number of nitrogens with zero attached hydrogens (tertiary/aromatic N) is 1. The molecule has 3 aromatic carbocycles. The molecule has 5 rings (SSSR count). The Morgan fingerprint density at radius 1 is 1.06 bits per heavy atom.